The molecule has 4 heteroatoms. The summed E-state index contributed by atoms with van der Waals surface area (Å²) in [6, 6.07) is 4.45. The highest BCUT2D eigenvalue weighted by molar-refractivity contribution is 5.95. The Morgan fingerprint density at radius 2 is 2.12 bits per heavy atom. The van der Waals surface area contributed by atoms with Crippen LogP contribution in [0, 0.1) is 12.7 Å². The van der Waals surface area contributed by atoms with Crippen molar-refractivity contribution in [2.75, 3.05) is 13.1 Å². The molecule has 1 saturated heterocycles. The van der Waals surface area contributed by atoms with E-state index in [-0.39, 0.29) is 24.6 Å². The summed E-state index contributed by atoms with van der Waals surface area (Å²) in [5, 5.41) is 9.52. The van der Waals surface area contributed by atoms with Gasteiger partial charge in [-0.05, 0) is 26.0 Å². The molecule has 0 radical (unpaired) electrons. The van der Waals surface area contributed by atoms with Crippen molar-refractivity contribution >= 4 is 5.91 Å². The van der Waals surface area contributed by atoms with Gasteiger partial charge in [-0.15, -0.1) is 0 Å². The maximum absolute atomic E-state index is 13.4. The van der Waals surface area contributed by atoms with Crippen LogP contribution in [-0.4, -0.2) is 34.6 Å². The highest BCUT2D eigenvalue weighted by atomic mass is 19.1. The zero-order chi connectivity index (χ0) is 11.9. The number of nitrogens with zero attached hydrogens (tertiary/aromatic N) is 1. The second-order valence-corrected chi connectivity index (χ2v) is 4.64. The third kappa shape index (κ3) is 1.93. The Balaban J connectivity index is 2.19. The predicted octanol–water partition coefficient (Wildman–Crippen LogP) is 1.34. The van der Waals surface area contributed by atoms with Crippen LogP contribution in [0.3, 0.4) is 0 Å². The van der Waals surface area contributed by atoms with Crippen LogP contribution in [0.15, 0.2) is 18.2 Å². The number of halogens is 1. The van der Waals surface area contributed by atoms with E-state index >= 15 is 0 Å². The second-order valence-electron chi connectivity index (χ2n) is 4.64. The van der Waals surface area contributed by atoms with Crippen molar-refractivity contribution in [2.24, 2.45) is 0 Å². The number of carbonyl (C=O) groups is 1. The minimum Gasteiger partial charge on any atom is -0.386 e. The lowest BCUT2D eigenvalue weighted by molar-refractivity contribution is -0.0670. The van der Waals surface area contributed by atoms with E-state index in [0.29, 0.717) is 0 Å². The van der Waals surface area contributed by atoms with Crippen molar-refractivity contribution in [3.63, 3.8) is 0 Å². The number of β-amino-alcohol motifs (C(OH)–C–C–N with tert-alkyl or cyclic N) is 1. The summed E-state index contributed by atoms with van der Waals surface area (Å²) in [6.45, 7) is 3.99. The first-order chi connectivity index (χ1) is 7.39. The first-order valence-electron chi connectivity index (χ1n) is 5.17. The van der Waals surface area contributed by atoms with E-state index in [1.165, 1.54) is 17.0 Å². The number of carbonyl (C=O) groups excluding carboxylic acids is 1. The van der Waals surface area contributed by atoms with Crippen LogP contribution in [-0.2, 0) is 0 Å². The van der Waals surface area contributed by atoms with Crippen molar-refractivity contribution < 1.29 is 14.3 Å². The van der Waals surface area contributed by atoms with Gasteiger partial charge in [-0.3, -0.25) is 4.79 Å². The van der Waals surface area contributed by atoms with E-state index in [0.717, 1.165) is 5.56 Å². The third-order valence-electron chi connectivity index (χ3n) is 2.70. The summed E-state index contributed by atoms with van der Waals surface area (Å²) in [5.41, 5.74) is 0.100. The maximum atomic E-state index is 13.4. The summed E-state index contributed by atoms with van der Waals surface area (Å²) < 4.78 is 13.4. The standard InChI is InChI=1S/C12H14FNO2/c1-8-3-4-10(13)9(5-8)11(15)14-6-12(2,16)7-14/h3-5,16H,6-7H2,1-2H3. The van der Waals surface area contributed by atoms with Crippen LogP contribution in [0.4, 0.5) is 4.39 Å². The van der Waals surface area contributed by atoms with Gasteiger partial charge in [-0.2, -0.15) is 0 Å². The van der Waals surface area contributed by atoms with Gasteiger partial charge in [0.2, 0.25) is 0 Å². The van der Waals surface area contributed by atoms with Crippen LogP contribution in [0.1, 0.15) is 22.8 Å². The molecule has 86 valence electrons. The largest absolute Gasteiger partial charge is 0.386 e. The number of amides is 1. The Hall–Kier alpha value is -1.42. The Kier molecular flexibility index (Phi) is 2.46. The normalized spacial score (nSPS) is 18.1. The molecule has 0 aliphatic carbocycles. The lowest BCUT2D eigenvalue weighted by atomic mass is 9.95. The van der Waals surface area contributed by atoms with E-state index in [1.807, 2.05) is 6.92 Å². The fourth-order valence-corrected chi connectivity index (χ4v) is 1.89. The van der Waals surface area contributed by atoms with Crippen molar-refractivity contribution in [3.05, 3.63) is 35.1 Å². The first-order valence-corrected chi connectivity index (χ1v) is 5.17. The molecule has 3 nitrogen and oxygen atoms in total. The Morgan fingerprint density at radius 1 is 1.50 bits per heavy atom. The molecule has 16 heavy (non-hydrogen) atoms. The molecule has 1 heterocycles. The molecule has 1 aliphatic rings. The molecule has 1 N–H and O–H groups in total. The van der Waals surface area contributed by atoms with Crippen LogP contribution < -0.4 is 0 Å². The molecule has 1 aromatic rings. The molecule has 0 atom stereocenters. The van der Waals surface area contributed by atoms with Crippen molar-refractivity contribution in [2.45, 2.75) is 19.4 Å². The van der Waals surface area contributed by atoms with Gasteiger partial charge in [-0.1, -0.05) is 11.6 Å². The number of likely N-dealkylation sites (tertiary alicyclic amines) is 1. The number of hydrogen-bond acceptors (Lipinski definition) is 2. The van der Waals surface area contributed by atoms with Crippen molar-refractivity contribution in [3.8, 4) is 0 Å². The molecular formula is C12H14FNO2. The molecule has 0 spiro atoms. The summed E-state index contributed by atoms with van der Waals surface area (Å²) in [4.78, 5) is 13.3. The molecule has 2 rings (SSSR count). The molecule has 1 amide bonds. The predicted molar refractivity (Wildman–Crippen MR) is 57.7 cm³/mol. The fourth-order valence-electron chi connectivity index (χ4n) is 1.89. The molecule has 1 aliphatic heterocycles. The first kappa shape index (κ1) is 11.1. The van der Waals surface area contributed by atoms with Gasteiger partial charge in [0.1, 0.15) is 5.82 Å². The van der Waals surface area contributed by atoms with Gasteiger partial charge in [0.25, 0.3) is 5.91 Å². The summed E-state index contributed by atoms with van der Waals surface area (Å²) in [7, 11) is 0. The minimum absolute atomic E-state index is 0.0792. The molecule has 0 bridgehead atoms. The van der Waals surface area contributed by atoms with Crippen LogP contribution in [0.5, 0.6) is 0 Å². The Labute approximate surface area is 93.5 Å². The fraction of sp³-hybridized carbons (Fsp3) is 0.417. The average Bonchev–Trinajstić information content (AvgIpc) is 2.17. The topological polar surface area (TPSA) is 40.5 Å². The summed E-state index contributed by atoms with van der Waals surface area (Å²) in [6.07, 6.45) is 0. The number of benzene rings is 1. The van der Waals surface area contributed by atoms with Crippen molar-refractivity contribution in [1.29, 1.82) is 0 Å². The quantitative estimate of drug-likeness (QED) is 0.780. The van der Waals surface area contributed by atoms with Gasteiger partial charge in [0.05, 0.1) is 24.3 Å². The molecule has 0 unspecified atom stereocenters. The average molecular weight is 223 g/mol. The minimum atomic E-state index is -0.823. The van der Waals surface area contributed by atoms with Gasteiger partial charge in [0.15, 0.2) is 0 Å². The van der Waals surface area contributed by atoms with E-state index < -0.39 is 11.4 Å². The van der Waals surface area contributed by atoms with Gasteiger partial charge in [-0.25, -0.2) is 4.39 Å². The van der Waals surface area contributed by atoms with Crippen LogP contribution in [0.25, 0.3) is 0 Å². The summed E-state index contributed by atoms with van der Waals surface area (Å²) >= 11 is 0. The third-order valence-corrected chi connectivity index (χ3v) is 2.70. The Bertz CT molecular complexity index is 435. The van der Waals surface area contributed by atoms with Crippen LogP contribution in [0.2, 0.25) is 0 Å². The van der Waals surface area contributed by atoms with Gasteiger partial charge >= 0.3 is 0 Å². The Morgan fingerprint density at radius 3 is 2.69 bits per heavy atom. The van der Waals surface area contributed by atoms with Gasteiger partial charge in [0, 0.05) is 0 Å². The second kappa shape index (κ2) is 3.56. The van der Waals surface area contributed by atoms with E-state index in [4.69, 9.17) is 0 Å². The number of aliphatic hydroxyl groups is 1. The molecular weight excluding hydrogens is 209 g/mol. The maximum Gasteiger partial charge on any atom is 0.257 e. The summed E-state index contributed by atoms with van der Waals surface area (Å²) in [5.74, 6) is -0.866. The number of aryl methyl sites for hydroxylation is 1. The van der Waals surface area contributed by atoms with E-state index in [9.17, 15) is 14.3 Å². The SMILES string of the molecule is Cc1ccc(F)c(C(=O)N2CC(C)(O)C2)c1. The highest BCUT2D eigenvalue weighted by Gasteiger charge is 2.40. The van der Waals surface area contributed by atoms with Crippen molar-refractivity contribution in [1.82, 2.24) is 4.90 Å². The molecule has 0 aromatic heterocycles. The smallest absolute Gasteiger partial charge is 0.257 e. The van der Waals surface area contributed by atoms with E-state index in [1.54, 1.807) is 13.0 Å². The molecule has 1 fully saturated rings. The monoisotopic (exact) mass is 223 g/mol. The zero-order valence-electron chi connectivity index (χ0n) is 9.33. The molecule has 0 saturated carbocycles. The van der Waals surface area contributed by atoms with Crippen LogP contribution >= 0.6 is 0 Å². The number of rotatable bonds is 1. The lowest BCUT2D eigenvalue weighted by Crippen LogP contribution is -2.61. The number of hydrogen-bond donors (Lipinski definition) is 1. The zero-order valence-corrected chi connectivity index (χ0v) is 9.33. The highest BCUT2D eigenvalue weighted by Crippen LogP contribution is 2.23. The lowest BCUT2D eigenvalue weighted by Gasteiger charge is -2.44. The molecule has 1 aromatic carbocycles. The van der Waals surface area contributed by atoms with Gasteiger partial charge < -0.3 is 10.0 Å². The van der Waals surface area contributed by atoms with E-state index in [2.05, 4.69) is 0 Å².